The van der Waals surface area contributed by atoms with Crippen LogP contribution in [0.2, 0.25) is 0 Å². The highest BCUT2D eigenvalue weighted by molar-refractivity contribution is 7.17. The van der Waals surface area contributed by atoms with E-state index < -0.39 is 17.7 Å². The lowest BCUT2D eigenvalue weighted by atomic mass is 9.89. The largest absolute Gasteiger partial charge is 0.478 e. The smallest absolute Gasteiger partial charge is 0.408 e. The van der Waals surface area contributed by atoms with Crippen molar-refractivity contribution in [2.45, 2.75) is 24.1 Å². The second-order valence-corrected chi connectivity index (χ2v) is 5.64. The highest BCUT2D eigenvalue weighted by Crippen LogP contribution is 2.29. The third-order valence-electron chi connectivity index (χ3n) is 3.11. The third-order valence-corrected chi connectivity index (χ3v) is 3.58. The van der Waals surface area contributed by atoms with E-state index in [9.17, 15) is 14.7 Å². The van der Waals surface area contributed by atoms with E-state index in [1.54, 1.807) is 0 Å². The number of benzene rings is 1. The quantitative estimate of drug-likeness (QED) is 0.822. The van der Waals surface area contributed by atoms with E-state index in [0.717, 1.165) is 5.56 Å². The summed E-state index contributed by atoms with van der Waals surface area (Å²) in [4.78, 5) is 23.1. The first kappa shape index (κ1) is 13.8. The summed E-state index contributed by atoms with van der Waals surface area (Å²) in [6, 6.07) is 9.18. The molecule has 19 heavy (non-hydrogen) atoms. The van der Waals surface area contributed by atoms with E-state index in [2.05, 4.69) is 14.6 Å². The van der Waals surface area contributed by atoms with Crippen molar-refractivity contribution >= 4 is 21.3 Å². The molecule has 0 saturated carbocycles. The van der Waals surface area contributed by atoms with Gasteiger partial charge in [-0.25, -0.2) is 9.59 Å². The molecule has 0 bridgehead atoms. The van der Waals surface area contributed by atoms with Crippen LogP contribution in [0.3, 0.4) is 0 Å². The average molecular weight is 281 g/mol. The Balaban J connectivity index is 2.30. The summed E-state index contributed by atoms with van der Waals surface area (Å²) >= 11 is 0. The number of nitrogens with one attached hydrogen (secondary N) is 1. The highest BCUT2D eigenvalue weighted by atomic mass is 31.0. The van der Waals surface area contributed by atoms with Crippen molar-refractivity contribution in [3.05, 3.63) is 35.9 Å². The normalized spacial score (nSPS) is 27.0. The molecular formula is C13H16NO4P. The van der Waals surface area contributed by atoms with Crippen molar-refractivity contribution in [1.82, 2.24) is 5.32 Å². The van der Waals surface area contributed by atoms with Crippen LogP contribution in [0.5, 0.6) is 0 Å². The maximum atomic E-state index is 11.6. The fourth-order valence-corrected chi connectivity index (χ4v) is 2.70. The zero-order chi connectivity index (χ0) is 13.9. The van der Waals surface area contributed by atoms with Crippen molar-refractivity contribution in [1.29, 1.82) is 0 Å². The Morgan fingerprint density at radius 2 is 2.16 bits per heavy atom. The van der Waals surface area contributed by atoms with Crippen molar-refractivity contribution in [3.8, 4) is 0 Å². The van der Waals surface area contributed by atoms with Gasteiger partial charge in [0.1, 0.15) is 0 Å². The Hall–Kier alpha value is -1.61. The summed E-state index contributed by atoms with van der Waals surface area (Å²) in [5.41, 5.74) is -0.711. The molecule has 3 unspecified atom stereocenters. The van der Waals surface area contributed by atoms with E-state index in [1.165, 1.54) is 0 Å². The molecule has 1 aromatic rings. The van der Waals surface area contributed by atoms with Crippen LogP contribution in [0.25, 0.3) is 0 Å². The summed E-state index contributed by atoms with van der Waals surface area (Å²) in [7, 11) is 2.55. The van der Waals surface area contributed by atoms with Crippen LogP contribution in [-0.4, -0.2) is 35.0 Å². The van der Waals surface area contributed by atoms with E-state index in [1.807, 2.05) is 30.3 Å². The molecule has 1 aliphatic heterocycles. The molecule has 1 aliphatic rings. The van der Waals surface area contributed by atoms with Gasteiger partial charge in [-0.2, -0.15) is 0 Å². The van der Waals surface area contributed by atoms with E-state index in [-0.39, 0.29) is 18.5 Å². The van der Waals surface area contributed by atoms with Crippen LogP contribution < -0.4 is 5.32 Å². The number of cyclic esters (lactones) is 1. The van der Waals surface area contributed by atoms with Gasteiger partial charge in [-0.3, -0.25) is 0 Å². The zero-order valence-electron chi connectivity index (χ0n) is 10.3. The standard InChI is InChI=1S/C13H16NO4P/c15-11(16)13(6-9-4-2-1-3-5-9)7-10(19)8-14-12(17)18-13/h1-5,10H,6-8,19H2,(H,14,17)(H,15,16). The fourth-order valence-electron chi connectivity index (χ4n) is 2.21. The van der Waals surface area contributed by atoms with Gasteiger partial charge in [0.2, 0.25) is 5.60 Å². The first-order valence-electron chi connectivity index (χ1n) is 6.01. The van der Waals surface area contributed by atoms with Crippen molar-refractivity contribution in [2.24, 2.45) is 0 Å². The van der Waals surface area contributed by atoms with Gasteiger partial charge in [0.15, 0.2) is 0 Å². The number of hydrogen-bond acceptors (Lipinski definition) is 3. The predicted octanol–water partition coefficient (Wildman–Crippen LogP) is 1.43. The summed E-state index contributed by atoms with van der Waals surface area (Å²) in [5, 5.41) is 12.0. The second-order valence-electron chi connectivity index (χ2n) is 4.70. The van der Waals surface area contributed by atoms with Crippen LogP contribution in [0.4, 0.5) is 4.79 Å². The molecule has 102 valence electrons. The molecule has 0 spiro atoms. The summed E-state index contributed by atoms with van der Waals surface area (Å²) < 4.78 is 5.17. The zero-order valence-corrected chi connectivity index (χ0v) is 11.5. The molecular weight excluding hydrogens is 265 g/mol. The Morgan fingerprint density at radius 1 is 1.47 bits per heavy atom. The van der Waals surface area contributed by atoms with Crippen LogP contribution in [0.1, 0.15) is 12.0 Å². The molecule has 3 atom stereocenters. The minimum absolute atomic E-state index is 0.0359. The lowest BCUT2D eigenvalue weighted by Crippen LogP contribution is -2.46. The molecule has 1 heterocycles. The number of aliphatic carboxylic acids is 1. The fraction of sp³-hybridized carbons (Fsp3) is 0.385. The summed E-state index contributed by atoms with van der Waals surface area (Å²) in [5.74, 6) is -1.11. The second kappa shape index (κ2) is 5.57. The molecule has 1 saturated heterocycles. The Morgan fingerprint density at radius 3 is 2.79 bits per heavy atom. The average Bonchev–Trinajstić information content (AvgIpc) is 2.50. The van der Waals surface area contributed by atoms with Gasteiger partial charge in [-0.05, 0) is 11.2 Å². The summed E-state index contributed by atoms with van der Waals surface area (Å²) in [6.45, 7) is 0.396. The topological polar surface area (TPSA) is 75.6 Å². The number of carboxylic acids is 1. The number of ether oxygens (including phenoxy) is 1. The lowest BCUT2D eigenvalue weighted by molar-refractivity contribution is -0.158. The number of amides is 1. The third kappa shape index (κ3) is 3.24. The maximum Gasteiger partial charge on any atom is 0.408 e. The first-order chi connectivity index (χ1) is 9.02. The number of rotatable bonds is 3. The molecule has 0 radical (unpaired) electrons. The maximum absolute atomic E-state index is 11.6. The van der Waals surface area contributed by atoms with Gasteiger partial charge < -0.3 is 15.2 Å². The minimum Gasteiger partial charge on any atom is -0.478 e. The number of carbonyl (C=O) groups is 2. The van der Waals surface area contributed by atoms with Gasteiger partial charge in [0.25, 0.3) is 0 Å². The number of carboxylic acid groups (broad SMARTS) is 1. The van der Waals surface area contributed by atoms with Crippen molar-refractivity contribution in [2.75, 3.05) is 6.54 Å². The molecule has 2 N–H and O–H groups in total. The lowest BCUT2D eigenvalue weighted by Gasteiger charge is -2.28. The van der Waals surface area contributed by atoms with Crippen LogP contribution in [-0.2, 0) is 16.0 Å². The molecule has 0 aromatic heterocycles. The monoisotopic (exact) mass is 281 g/mol. The Labute approximate surface area is 113 Å². The number of alkyl carbamates (subject to hydrolysis) is 1. The van der Waals surface area contributed by atoms with Crippen LogP contribution >= 0.6 is 9.24 Å². The highest BCUT2D eigenvalue weighted by Gasteiger charge is 2.45. The molecule has 1 aromatic carbocycles. The molecule has 1 amide bonds. The molecule has 0 aliphatic carbocycles. The van der Waals surface area contributed by atoms with Gasteiger partial charge >= 0.3 is 12.1 Å². The van der Waals surface area contributed by atoms with Crippen LogP contribution in [0.15, 0.2) is 30.3 Å². The number of hydrogen-bond donors (Lipinski definition) is 2. The molecule has 6 heteroatoms. The number of carbonyl (C=O) groups excluding carboxylic acids is 1. The van der Waals surface area contributed by atoms with E-state index in [4.69, 9.17) is 4.74 Å². The summed E-state index contributed by atoms with van der Waals surface area (Å²) in [6.07, 6.45) is -0.245. The van der Waals surface area contributed by atoms with Crippen molar-refractivity contribution < 1.29 is 19.4 Å². The van der Waals surface area contributed by atoms with Crippen LogP contribution in [0, 0.1) is 0 Å². The van der Waals surface area contributed by atoms with Gasteiger partial charge in [0, 0.05) is 19.4 Å². The predicted molar refractivity (Wildman–Crippen MR) is 73.1 cm³/mol. The van der Waals surface area contributed by atoms with E-state index in [0.29, 0.717) is 6.54 Å². The molecule has 5 nitrogen and oxygen atoms in total. The van der Waals surface area contributed by atoms with Gasteiger partial charge in [-0.15, -0.1) is 9.24 Å². The van der Waals surface area contributed by atoms with Gasteiger partial charge in [0.05, 0.1) is 0 Å². The Kier molecular flexibility index (Phi) is 4.05. The minimum atomic E-state index is -1.51. The SMILES string of the molecule is O=C1NCC(P)CC(Cc2ccccc2)(C(=O)O)O1. The first-order valence-corrected chi connectivity index (χ1v) is 6.68. The molecule has 2 rings (SSSR count). The molecule has 1 fully saturated rings. The van der Waals surface area contributed by atoms with Crippen molar-refractivity contribution in [3.63, 3.8) is 0 Å². The van der Waals surface area contributed by atoms with E-state index >= 15 is 0 Å². The Bertz CT molecular complexity index is 479. The van der Waals surface area contributed by atoms with Gasteiger partial charge in [-0.1, -0.05) is 30.3 Å².